The van der Waals surface area contributed by atoms with Crippen molar-refractivity contribution in [1.29, 1.82) is 0 Å². The summed E-state index contributed by atoms with van der Waals surface area (Å²) in [5, 5.41) is 3.44. The molecule has 1 amide bonds. The highest BCUT2D eigenvalue weighted by molar-refractivity contribution is 6.32. The van der Waals surface area contributed by atoms with Crippen LogP contribution in [0.25, 0.3) is 0 Å². The third kappa shape index (κ3) is 4.08. The third-order valence-corrected chi connectivity index (χ3v) is 4.60. The van der Waals surface area contributed by atoms with E-state index in [-0.39, 0.29) is 29.3 Å². The van der Waals surface area contributed by atoms with Crippen LogP contribution in [-0.4, -0.2) is 44.2 Å². The van der Waals surface area contributed by atoms with Crippen molar-refractivity contribution in [3.05, 3.63) is 58.9 Å². The van der Waals surface area contributed by atoms with Crippen LogP contribution < -0.4 is 14.8 Å². The van der Waals surface area contributed by atoms with Crippen molar-refractivity contribution in [3.63, 3.8) is 0 Å². The number of ether oxygens (including phenoxy) is 2. The van der Waals surface area contributed by atoms with Gasteiger partial charge in [0.15, 0.2) is 6.61 Å². The van der Waals surface area contributed by atoms with Crippen LogP contribution in [0.4, 0.5) is 4.39 Å². The first kappa shape index (κ1) is 18.5. The van der Waals surface area contributed by atoms with E-state index >= 15 is 0 Å². The number of benzene rings is 2. The second-order valence-corrected chi connectivity index (χ2v) is 6.32. The number of piperazine rings is 1. The van der Waals surface area contributed by atoms with Crippen molar-refractivity contribution >= 4 is 17.5 Å². The van der Waals surface area contributed by atoms with E-state index in [0.717, 1.165) is 17.4 Å². The molecular weight excluding hydrogens is 359 g/mol. The zero-order valence-corrected chi connectivity index (χ0v) is 15.1. The Morgan fingerprint density at radius 1 is 1.31 bits per heavy atom. The molecule has 0 aliphatic carbocycles. The second kappa shape index (κ2) is 8.38. The monoisotopic (exact) mass is 378 g/mol. The highest BCUT2D eigenvalue weighted by Gasteiger charge is 2.30. The van der Waals surface area contributed by atoms with E-state index in [2.05, 4.69) is 5.32 Å². The fraction of sp³-hybridized carbons (Fsp3) is 0.316. The van der Waals surface area contributed by atoms with Crippen LogP contribution in [0.5, 0.6) is 11.5 Å². The van der Waals surface area contributed by atoms with Gasteiger partial charge in [-0.2, -0.15) is 0 Å². The Morgan fingerprint density at radius 2 is 2.12 bits per heavy atom. The number of halogens is 2. The SMILES string of the molecule is COc1ccccc1C1CNCCN1C(=O)COc1ccc(F)cc1Cl. The average molecular weight is 379 g/mol. The predicted octanol–water partition coefficient (Wildman–Crippen LogP) is 3.04. The van der Waals surface area contributed by atoms with Crippen LogP contribution in [0.15, 0.2) is 42.5 Å². The molecule has 3 rings (SSSR count). The molecule has 7 heteroatoms. The van der Waals surface area contributed by atoms with E-state index in [1.807, 2.05) is 24.3 Å². The largest absolute Gasteiger partial charge is 0.496 e. The average Bonchev–Trinajstić information content (AvgIpc) is 2.67. The number of carbonyl (C=O) groups excluding carboxylic acids is 1. The van der Waals surface area contributed by atoms with Crippen LogP contribution in [-0.2, 0) is 4.79 Å². The van der Waals surface area contributed by atoms with Crippen molar-refractivity contribution in [2.24, 2.45) is 0 Å². The minimum Gasteiger partial charge on any atom is -0.496 e. The highest BCUT2D eigenvalue weighted by Crippen LogP contribution is 2.30. The molecule has 1 aliphatic rings. The first-order valence-corrected chi connectivity index (χ1v) is 8.69. The molecule has 0 aromatic heterocycles. The summed E-state index contributed by atoms with van der Waals surface area (Å²) in [4.78, 5) is 14.5. The molecule has 0 radical (unpaired) electrons. The molecule has 1 aliphatic heterocycles. The Morgan fingerprint density at radius 3 is 2.88 bits per heavy atom. The Balaban J connectivity index is 1.73. The fourth-order valence-corrected chi connectivity index (χ4v) is 3.26. The number of nitrogens with zero attached hydrogens (tertiary/aromatic N) is 1. The van der Waals surface area contributed by atoms with Gasteiger partial charge in [-0.05, 0) is 24.3 Å². The molecule has 5 nitrogen and oxygen atoms in total. The molecule has 0 bridgehead atoms. The van der Waals surface area contributed by atoms with Gasteiger partial charge in [-0.1, -0.05) is 29.8 Å². The normalized spacial score (nSPS) is 17.0. The van der Waals surface area contributed by atoms with E-state index < -0.39 is 5.82 Å². The summed E-state index contributed by atoms with van der Waals surface area (Å²) >= 11 is 5.95. The minimum absolute atomic E-state index is 0.138. The summed E-state index contributed by atoms with van der Waals surface area (Å²) in [5.74, 6) is 0.404. The number of methoxy groups -OCH3 is 1. The standard InChI is InChI=1S/C19H20ClFN2O3/c1-25-17-5-3-2-4-14(17)16-11-22-8-9-23(16)19(24)12-26-18-7-6-13(21)10-15(18)20/h2-7,10,16,22H,8-9,11-12H2,1H3. The number of para-hydroxylation sites is 1. The Kier molecular flexibility index (Phi) is 5.96. The molecule has 2 aromatic rings. The Hall–Kier alpha value is -2.31. The van der Waals surface area contributed by atoms with Crippen molar-refractivity contribution in [1.82, 2.24) is 10.2 Å². The second-order valence-electron chi connectivity index (χ2n) is 5.91. The number of amides is 1. The van der Waals surface area contributed by atoms with Gasteiger partial charge in [0.2, 0.25) is 0 Å². The summed E-state index contributed by atoms with van der Waals surface area (Å²) in [7, 11) is 1.61. The zero-order chi connectivity index (χ0) is 18.5. The lowest BCUT2D eigenvalue weighted by Gasteiger charge is -2.37. The maximum atomic E-state index is 13.1. The third-order valence-electron chi connectivity index (χ3n) is 4.31. The molecule has 1 heterocycles. The van der Waals surface area contributed by atoms with Gasteiger partial charge < -0.3 is 19.7 Å². The first-order valence-electron chi connectivity index (χ1n) is 8.31. The summed E-state index contributed by atoms with van der Waals surface area (Å²) < 4.78 is 24.1. The zero-order valence-electron chi connectivity index (χ0n) is 14.4. The van der Waals surface area contributed by atoms with Crippen LogP contribution in [0.3, 0.4) is 0 Å². The van der Waals surface area contributed by atoms with Gasteiger partial charge in [-0.25, -0.2) is 4.39 Å². The van der Waals surface area contributed by atoms with Gasteiger partial charge in [-0.15, -0.1) is 0 Å². The molecule has 1 atom stereocenters. The van der Waals surface area contributed by atoms with E-state index in [0.29, 0.717) is 19.6 Å². The maximum Gasteiger partial charge on any atom is 0.261 e. The van der Waals surface area contributed by atoms with Gasteiger partial charge in [0.05, 0.1) is 18.2 Å². The molecule has 0 saturated carbocycles. The number of rotatable bonds is 5. The van der Waals surface area contributed by atoms with Crippen LogP contribution in [0, 0.1) is 5.82 Å². The molecule has 1 fully saturated rings. The fourth-order valence-electron chi connectivity index (χ4n) is 3.04. The van der Waals surface area contributed by atoms with E-state index in [4.69, 9.17) is 21.1 Å². The summed E-state index contributed by atoms with van der Waals surface area (Å²) in [5.41, 5.74) is 0.940. The number of nitrogens with one attached hydrogen (secondary N) is 1. The van der Waals surface area contributed by atoms with Gasteiger partial charge >= 0.3 is 0 Å². The summed E-state index contributed by atoms with van der Waals surface area (Å²) in [6.45, 7) is 1.72. The van der Waals surface area contributed by atoms with Gasteiger partial charge in [0.25, 0.3) is 5.91 Å². The van der Waals surface area contributed by atoms with E-state index in [1.165, 1.54) is 12.1 Å². The van der Waals surface area contributed by atoms with Crippen LogP contribution in [0.2, 0.25) is 5.02 Å². The Bertz CT molecular complexity index is 787. The molecule has 0 spiro atoms. The Labute approximate surface area is 156 Å². The minimum atomic E-state index is -0.452. The van der Waals surface area contributed by atoms with Crippen LogP contribution in [0.1, 0.15) is 11.6 Å². The molecule has 1 saturated heterocycles. The van der Waals surface area contributed by atoms with Crippen molar-refractivity contribution in [2.75, 3.05) is 33.4 Å². The molecule has 138 valence electrons. The lowest BCUT2D eigenvalue weighted by Crippen LogP contribution is -2.50. The van der Waals surface area contributed by atoms with Gasteiger partial charge in [-0.3, -0.25) is 4.79 Å². The maximum absolute atomic E-state index is 13.1. The van der Waals surface area contributed by atoms with Crippen LogP contribution >= 0.6 is 11.6 Å². The van der Waals surface area contributed by atoms with Gasteiger partial charge in [0, 0.05) is 25.2 Å². The number of carbonyl (C=O) groups is 1. The highest BCUT2D eigenvalue weighted by atomic mass is 35.5. The lowest BCUT2D eigenvalue weighted by atomic mass is 10.0. The topological polar surface area (TPSA) is 50.8 Å². The number of hydrogen-bond donors (Lipinski definition) is 1. The molecule has 2 aromatic carbocycles. The summed E-state index contributed by atoms with van der Waals surface area (Å²) in [6.07, 6.45) is 0. The first-order chi connectivity index (χ1) is 12.6. The van der Waals surface area contributed by atoms with Crippen molar-refractivity contribution in [3.8, 4) is 11.5 Å². The predicted molar refractivity (Wildman–Crippen MR) is 97.2 cm³/mol. The van der Waals surface area contributed by atoms with Crippen molar-refractivity contribution in [2.45, 2.75) is 6.04 Å². The summed E-state index contributed by atoms with van der Waals surface area (Å²) in [6, 6.07) is 11.3. The molecule has 1 unspecified atom stereocenters. The smallest absolute Gasteiger partial charge is 0.261 e. The lowest BCUT2D eigenvalue weighted by molar-refractivity contribution is -0.136. The quantitative estimate of drug-likeness (QED) is 0.868. The van der Waals surface area contributed by atoms with E-state index in [1.54, 1.807) is 12.0 Å². The van der Waals surface area contributed by atoms with Crippen molar-refractivity contribution < 1.29 is 18.7 Å². The van der Waals surface area contributed by atoms with E-state index in [9.17, 15) is 9.18 Å². The molecule has 26 heavy (non-hydrogen) atoms. The van der Waals surface area contributed by atoms with Gasteiger partial charge in [0.1, 0.15) is 17.3 Å². The number of hydrogen-bond acceptors (Lipinski definition) is 4. The molecular formula is C19H20ClFN2O3. The molecule has 1 N–H and O–H groups in total.